The molecule has 0 spiro atoms. The van der Waals surface area contributed by atoms with Crippen LogP contribution in [0, 0.1) is 0 Å². The fourth-order valence-electron chi connectivity index (χ4n) is 2.66. The molecule has 3 unspecified atom stereocenters. The number of rotatable bonds is 8. The van der Waals surface area contributed by atoms with Gasteiger partial charge in [0.1, 0.15) is 18.1 Å². The van der Waals surface area contributed by atoms with Gasteiger partial charge in [0.25, 0.3) is 0 Å². The smallest absolute Gasteiger partial charge is 0.321 e. The minimum absolute atomic E-state index is 0.190. The molecule has 0 aliphatic heterocycles. The van der Waals surface area contributed by atoms with Crippen LogP contribution >= 0.6 is 12.6 Å². The number of nitrogens with two attached hydrogens (primary N) is 3. The first-order chi connectivity index (χ1) is 16.1. The average molecular weight is 491 g/mol. The Labute approximate surface area is 202 Å². The van der Waals surface area contributed by atoms with E-state index in [2.05, 4.69) is 17.6 Å². The number of benzene rings is 2. The Kier molecular flexibility index (Phi) is 12.4. The number of thiol groups is 1. The Bertz CT molecular complexity index is 1060. The van der Waals surface area contributed by atoms with E-state index in [0.29, 0.717) is 12.8 Å². The third-order valence-electron chi connectivity index (χ3n) is 4.56. The number of fused-ring (bicyclic) bond motifs is 1. The van der Waals surface area contributed by atoms with Crippen LogP contribution in [-0.4, -0.2) is 62.1 Å². The van der Waals surface area contributed by atoms with Crippen molar-refractivity contribution in [2.45, 2.75) is 31.0 Å². The molecule has 10 nitrogen and oxygen atoms in total. The fraction of sp³-hybridized carbons (Fsp3) is 0.261. The van der Waals surface area contributed by atoms with Gasteiger partial charge in [-0.15, -0.1) is 0 Å². The maximum atomic E-state index is 10.6. The zero-order valence-corrected chi connectivity index (χ0v) is 19.3. The van der Waals surface area contributed by atoms with Gasteiger partial charge in [0.05, 0.1) is 0 Å². The topological polar surface area (TPSA) is 206 Å². The Morgan fingerprint density at radius 2 is 1.26 bits per heavy atom. The van der Waals surface area contributed by atoms with Gasteiger partial charge in [0, 0.05) is 29.3 Å². The molecule has 0 amide bonds. The molecule has 0 aliphatic carbocycles. The number of carbonyl (C=O) groups is 3. The SMILES string of the molecule is NC(CS)C(=O)O.NC(Cc1c[nH]c2ccccc12)C(=O)O.NC(Cc1ccccc1)C(=O)O. The molecule has 0 saturated carbocycles. The lowest BCUT2D eigenvalue weighted by Gasteiger charge is -2.04. The third-order valence-corrected chi connectivity index (χ3v) is 4.95. The number of carboxylic acid groups (broad SMARTS) is 3. The molecule has 3 atom stereocenters. The minimum Gasteiger partial charge on any atom is -0.480 e. The molecule has 0 aliphatic rings. The highest BCUT2D eigenvalue weighted by molar-refractivity contribution is 7.80. The van der Waals surface area contributed by atoms with Gasteiger partial charge in [-0.2, -0.15) is 12.6 Å². The summed E-state index contributed by atoms with van der Waals surface area (Å²) in [6.07, 6.45) is 2.54. The summed E-state index contributed by atoms with van der Waals surface area (Å²) in [7, 11) is 0. The van der Waals surface area contributed by atoms with Gasteiger partial charge in [-0.3, -0.25) is 14.4 Å². The van der Waals surface area contributed by atoms with Gasteiger partial charge in [-0.05, 0) is 23.6 Å². The summed E-state index contributed by atoms with van der Waals surface area (Å²) >= 11 is 3.65. The lowest BCUT2D eigenvalue weighted by molar-refractivity contribution is -0.139. The standard InChI is InChI=1S/C11H12N2O2.C9H11NO2.C3H7NO2S/c12-9(11(14)15)5-7-6-13-10-4-2-1-3-8(7)10;10-8(9(11)12)6-7-4-2-1-3-5-7;4-2(1-7)3(5)6/h1-4,6,9,13H,5,12H2,(H,14,15);1-5,8H,6,10H2,(H,11,12);2,7H,1,4H2,(H,5,6). The molecule has 184 valence electrons. The van der Waals surface area contributed by atoms with Crippen molar-refractivity contribution < 1.29 is 29.7 Å². The molecule has 34 heavy (non-hydrogen) atoms. The van der Waals surface area contributed by atoms with Crippen LogP contribution in [-0.2, 0) is 27.2 Å². The first-order valence-corrected chi connectivity index (χ1v) is 10.8. The largest absolute Gasteiger partial charge is 0.480 e. The van der Waals surface area contributed by atoms with Crippen molar-refractivity contribution in [3.8, 4) is 0 Å². The van der Waals surface area contributed by atoms with E-state index in [0.717, 1.165) is 22.0 Å². The van der Waals surface area contributed by atoms with E-state index in [1.807, 2.05) is 60.8 Å². The predicted molar refractivity (Wildman–Crippen MR) is 133 cm³/mol. The van der Waals surface area contributed by atoms with E-state index in [1.165, 1.54) is 0 Å². The second-order valence-corrected chi connectivity index (χ2v) is 7.64. The van der Waals surface area contributed by atoms with Gasteiger partial charge in [0.15, 0.2) is 0 Å². The Hall–Kier alpha value is -3.38. The highest BCUT2D eigenvalue weighted by Crippen LogP contribution is 2.18. The number of aliphatic carboxylic acids is 3. The van der Waals surface area contributed by atoms with E-state index in [1.54, 1.807) is 0 Å². The van der Waals surface area contributed by atoms with Crippen molar-refractivity contribution >= 4 is 41.4 Å². The normalized spacial score (nSPS) is 12.8. The molecule has 0 bridgehead atoms. The number of hydrogen-bond donors (Lipinski definition) is 8. The molecule has 0 fully saturated rings. The van der Waals surface area contributed by atoms with Gasteiger partial charge >= 0.3 is 17.9 Å². The Morgan fingerprint density at radius 1 is 0.765 bits per heavy atom. The molecule has 0 saturated heterocycles. The van der Waals surface area contributed by atoms with Crippen molar-refractivity contribution in [2.24, 2.45) is 17.2 Å². The molecular weight excluding hydrogens is 460 g/mol. The quantitative estimate of drug-likeness (QED) is 0.212. The predicted octanol–water partition coefficient (Wildman–Crippen LogP) is 1.09. The summed E-state index contributed by atoms with van der Waals surface area (Å²) in [5, 5.41) is 26.3. The maximum Gasteiger partial charge on any atom is 0.321 e. The van der Waals surface area contributed by atoms with E-state index in [9.17, 15) is 14.4 Å². The number of H-pyrrole nitrogens is 1. The average Bonchev–Trinajstić information content (AvgIpc) is 3.22. The van der Waals surface area contributed by atoms with E-state index in [4.69, 9.17) is 32.5 Å². The molecule has 3 aromatic rings. The molecule has 10 N–H and O–H groups in total. The summed E-state index contributed by atoms with van der Waals surface area (Å²) < 4.78 is 0. The van der Waals surface area contributed by atoms with Crippen molar-refractivity contribution in [2.75, 3.05) is 5.75 Å². The van der Waals surface area contributed by atoms with Crippen LogP contribution in [0.2, 0.25) is 0 Å². The number of carboxylic acids is 3. The van der Waals surface area contributed by atoms with E-state index < -0.39 is 36.0 Å². The van der Waals surface area contributed by atoms with Crippen LogP contribution < -0.4 is 17.2 Å². The van der Waals surface area contributed by atoms with Crippen LogP contribution in [0.5, 0.6) is 0 Å². The fourth-order valence-corrected chi connectivity index (χ4v) is 2.81. The van der Waals surface area contributed by atoms with Crippen LogP contribution in [0.15, 0.2) is 60.8 Å². The molecule has 1 heterocycles. The van der Waals surface area contributed by atoms with Crippen molar-refractivity contribution in [3.05, 3.63) is 71.9 Å². The molecule has 1 aromatic heterocycles. The Morgan fingerprint density at radius 3 is 1.76 bits per heavy atom. The molecule has 3 rings (SSSR count). The Balaban J connectivity index is 0.000000274. The summed E-state index contributed by atoms with van der Waals surface area (Å²) in [4.78, 5) is 33.8. The number of aromatic nitrogens is 1. The summed E-state index contributed by atoms with van der Waals surface area (Å²) in [5.74, 6) is -2.75. The number of nitrogens with one attached hydrogen (secondary N) is 1. The monoisotopic (exact) mass is 490 g/mol. The van der Waals surface area contributed by atoms with Gasteiger partial charge in [-0.25, -0.2) is 0 Å². The second-order valence-electron chi connectivity index (χ2n) is 7.27. The maximum absolute atomic E-state index is 10.6. The summed E-state index contributed by atoms with van der Waals surface area (Å²) in [6.45, 7) is 0. The van der Waals surface area contributed by atoms with Gasteiger partial charge in [-0.1, -0.05) is 48.5 Å². The lowest BCUT2D eigenvalue weighted by atomic mass is 10.1. The first-order valence-electron chi connectivity index (χ1n) is 10.2. The van der Waals surface area contributed by atoms with E-state index >= 15 is 0 Å². The van der Waals surface area contributed by atoms with Crippen molar-refractivity contribution in [1.29, 1.82) is 0 Å². The summed E-state index contributed by atoms with van der Waals surface area (Å²) in [5.41, 5.74) is 18.7. The molecule has 11 heteroatoms. The van der Waals surface area contributed by atoms with Crippen molar-refractivity contribution in [1.82, 2.24) is 4.98 Å². The second kappa shape index (κ2) is 14.7. The highest BCUT2D eigenvalue weighted by atomic mass is 32.1. The van der Waals surface area contributed by atoms with Crippen molar-refractivity contribution in [3.63, 3.8) is 0 Å². The van der Waals surface area contributed by atoms with Gasteiger partial charge < -0.3 is 37.5 Å². The number of aromatic amines is 1. The molecular formula is C23H30N4O6S. The van der Waals surface area contributed by atoms with Crippen LogP contribution in [0.25, 0.3) is 10.9 Å². The first kappa shape index (κ1) is 28.7. The molecule has 2 aromatic carbocycles. The zero-order valence-electron chi connectivity index (χ0n) is 18.4. The minimum atomic E-state index is -1.00. The van der Waals surface area contributed by atoms with Gasteiger partial charge in [0.2, 0.25) is 0 Å². The summed E-state index contributed by atoms with van der Waals surface area (Å²) in [6, 6.07) is 14.6. The lowest BCUT2D eigenvalue weighted by Crippen LogP contribution is -2.32. The van der Waals surface area contributed by atoms with Crippen LogP contribution in [0.3, 0.4) is 0 Å². The van der Waals surface area contributed by atoms with Crippen LogP contribution in [0.1, 0.15) is 11.1 Å². The number of para-hydroxylation sites is 1. The zero-order chi connectivity index (χ0) is 25.7. The number of hydrogen-bond acceptors (Lipinski definition) is 7. The third kappa shape index (κ3) is 10.0. The highest BCUT2D eigenvalue weighted by Gasteiger charge is 2.14. The van der Waals surface area contributed by atoms with E-state index in [-0.39, 0.29) is 5.75 Å². The molecule has 0 radical (unpaired) electrons. The van der Waals surface area contributed by atoms with Crippen LogP contribution in [0.4, 0.5) is 0 Å².